The Kier molecular flexibility index (Phi) is 6.00. The molecule has 0 heterocycles. The maximum atomic E-state index is 11.9. The number of rotatable bonds is 7. The highest BCUT2D eigenvalue weighted by molar-refractivity contribution is 5.76. The van der Waals surface area contributed by atoms with E-state index in [0.717, 1.165) is 25.9 Å². The summed E-state index contributed by atoms with van der Waals surface area (Å²) in [6, 6.07) is 8.47. The fraction of sp³-hybridized carbons (Fsp3) is 0.500. The molecule has 3 nitrogen and oxygen atoms in total. The Morgan fingerprint density at radius 1 is 1.38 bits per heavy atom. The van der Waals surface area contributed by atoms with E-state index in [1.54, 1.807) is 0 Å². The second kappa shape index (κ2) is 7.99. The first kappa shape index (κ1) is 15.8. The van der Waals surface area contributed by atoms with Crippen LogP contribution in [0, 0.1) is 5.92 Å². The molecular formula is C18H26N2O. The Balaban J connectivity index is 1.80. The van der Waals surface area contributed by atoms with Crippen molar-refractivity contribution in [3.05, 3.63) is 47.5 Å². The summed E-state index contributed by atoms with van der Waals surface area (Å²) >= 11 is 0. The monoisotopic (exact) mass is 286 g/mol. The smallest absolute Gasteiger partial charge is 0.220 e. The molecule has 1 unspecified atom stereocenters. The molecule has 0 spiro atoms. The summed E-state index contributed by atoms with van der Waals surface area (Å²) < 4.78 is 0. The number of carbonyl (C=O) groups is 1. The zero-order valence-corrected chi connectivity index (χ0v) is 13.1. The van der Waals surface area contributed by atoms with Crippen molar-refractivity contribution in [1.82, 2.24) is 10.2 Å². The van der Waals surface area contributed by atoms with E-state index in [0.29, 0.717) is 18.9 Å². The lowest BCUT2D eigenvalue weighted by atomic mass is 10.0. The molecule has 1 aliphatic carbocycles. The van der Waals surface area contributed by atoms with Gasteiger partial charge in [0.25, 0.3) is 0 Å². The number of nitrogens with zero attached hydrogens (tertiary/aromatic N) is 1. The van der Waals surface area contributed by atoms with Gasteiger partial charge in [-0.2, -0.15) is 0 Å². The zero-order chi connectivity index (χ0) is 15.1. The third kappa shape index (κ3) is 5.35. The van der Waals surface area contributed by atoms with E-state index in [9.17, 15) is 4.79 Å². The lowest BCUT2D eigenvalue weighted by Crippen LogP contribution is -2.24. The van der Waals surface area contributed by atoms with E-state index in [1.165, 1.54) is 11.1 Å². The van der Waals surface area contributed by atoms with Crippen molar-refractivity contribution in [3.63, 3.8) is 0 Å². The van der Waals surface area contributed by atoms with Crippen molar-refractivity contribution in [2.75, 3.05) is 13.6 Å². The van der Waals surface area contributed by atoms with Crippen molar-refractivity contribution in [2.24, 2.45) is 5.92 Å². The third-order valence-corrected chi connectivity index (χ3v) is 4.03. The SMILES string of the molecule is CCN(C)Cc1cccc(CNC(=O)CC2C=CCC2)c1. The lowest BCUT2D eigenvalue weighted by molar-refractivity contribution is -0.121. The summed E-state index contributed by atoms with van der Waals surface area (Å²) in [6.07, 6.45) is 7.19. The molecule has 0 bridgehead atoms. The van der Waals surface area contributed by atoms with E-state index in [-0.39, 0.29) is 5.91 Å². The lowest BCUT2D eigenvalue weighted by Gasteiger charge is -2.14. The van der Waals surface area contributed by atoms with Crippen LogP contribution in [0.4, 0.5) is 0 Å². The molecule has 3 heteroatoms. The van der Waals surface area contributed by atoms with Crippen molar-refractivity contribution in [3.8, 4) is 0 Å². The third-order valence-electron chi connectivity index (χ3n) is 4.03. The highest BCUT2D eigenvalue weighted by atomic mass is 16.1. The Bertz CT molecular complexity index is 496. The van der Waals surface area contributed by atoms with Crippen molar-refractivity contribution in [2.45, 2.75) is 39.3 Å². The fourth-order valence-corrected chi connectivity index (χ4v) is 2.64. The molecular weight excluding hydrogens is 260 g/mol. The van der Waals surface area contributed by atoms with Crippen LogP contribution in [0.3, 0.4) is 0 Å². The molecule has 0 aliphatic heterocycles. The van der Waals surface area contributed by atoms with Gasteiger partial charge >= 0.3 is 0 Å². The highest BCUT2D eigenvalue weighted by Crippen LogP contribution is 2.20. The van der Waals surface area contributed by atoms with E-state index in [1.807, 2.05) is 0 Å². The van der Waals surface area contributed by atoms with Gasteiger partial charge in [-0.15, -0.1) is 0 Å². The molecule has 0 saturated heterocycles. The number of amides is 1. The molecule has 0 aromatic heterocycles. The predicted molar refractivity (Wildman–Crippen MR) is 86.8 cm³/mol. The van der Waals surface area contributed by atoms with Gasteiger partial charge in [-0.05, 0) is 43.5 Å². The van der Waals surface area contributed by atoms with Crippen molar-refractivity contribution in [1.29, 1.82) is 0 Å². The van der Waals surface area contributed by atoms with Crippen LogP contribution in [-0.4, -0.2) is 24.4 Å². The molecule has 1 N–H and O–H groups in total. The molecule has 1 aliphatic rings. The normalized spacial score (nSPS) is 17.4. The summed E-state index contributed by atoms with van der Waals surface area (Å²) in [5.74, 6) is 0.595. The Morgan fingerprint density at radius 2 is 2.19 bits per heavy atom. The van der Waals surface area contributed by atoms with Crippen LogP contribution in [0.5, 0.6) is 0 Å². The standard InChI is InChI=1S/C18H26N2O/c1-3-20(2)14-17-10-6-9-16(11-17)13-19-18(21)12-15-7-4-5-8-15/h4,6-7,9-11,15H,3,5,8,12-14H2,1-2H3,(H,19,21). The van der Waals surface area contributed by atoms with Gasteiger partial charge in [0.1, 0.15) is 0 Å². The summed E-state index contributed by atoms with van der Waals surface area (Å²) in [6.45, 7) is 4.77. The first-order valence-corrected chi connectivity index (χ1v) is 7.87. The molecule has 1 atom stereocenters. The second-order valence-corrected chi connectivity index (χ2v) is 5.90. The number of hydrogen-bond acceptors (Lipinski definition) is 2. The molecule has 0 radical (unpaired) electrons. The summed E-state index contributed by atoms with van der Waals surface area (Å²) in [4.78, 5) is 14.2. The van der Waals surface area contributed by atoms with Crippen LogP contribution in [-0.2, 0) is 17.9 Å². The van der Waals surface area contributed by atoms with E-state index in [4.69, 9.17) is 0 Å². The maximum absolute atomic E-state index is 11.9. The van der Waals surface area contributed by atoms with Gasteiger partial charge in [-0.3, -0.25) is 4.79 Å². The maximum Gasteiger partial charge on any atom is 0.220 e. The van der Waals surface area contributed by atoms with E-state index < -0.39 is 0 Å². The van der Waals surface area contributed by atoms with Gasteiger partial charge in [0.05, 0.1) is 0 Å². The van der Waals surface area contributed by atoms with Crippen LogP contribution in [0.15, 0.2) is 36.4 Å². The van der Waals surface area contributed by atoms with Gasteiger partial charge in [0.15, 0.2) is 0 Å². The molecule has 1 aromatic carbocycles. The summed E-state index contributed by atoms with van der Waals surface area (Å²) in [7, 11) is 2.11. The summed E-state index contributed by atoms with van der Waals surface area (Å²) in [5.41, 5.74) is 2.47. The predicted octanol–water partition coefficient (Wildman–Crippen LogP) is 3.11. The minimum atomic E-state index is 0.155. The quantitative estimate of drug-likeness (QED) is 0.781. The molecule has 21 heavy (non-hydrogen) atoms. The minimum absolute atomic E-state index is 0.155. The summed E-state index contributed by atoms with van der Waals surface area (Å²) in [5, 5.41) is 3.03. The number of carbonyl (C=O) groups excluding carboxylic acids is 1. The molecule has 1 amide bonds. The van der Waals surface area contributed by atoms with E-state index >= 15 is 0 Å². The average Bonchev–Trinajstić information content (AvgIpc) is 2.98. The Labute approximate surface area is 128 Å². The van der Waals surface area contributed by atoms with Gasteiger partial charge in [-0.25, -0.2) is 0 Å². The van der Waals surface area contributed by atoms with Crippen LogP contribution in [0.1, 0.15) is 37.3 Å². The van der Waals surface area contributed by atoms with Gasteiger partial charge in [0.2, 0.25) is 5.91 Å². The second-order valence-electron chi connectivity index (χ2n) is 5.90. The fourth-order valence-electron chi connectivity index (χ4n) is 2.64. The topological polar surface area (TPSA) is 32.3 Å². The van der Waals surface area contributed by atoms with Crippen LogP contribution in [0.2, 0.25) is 0 Å². The minimum Gasteiger partial charge on any atom is -0.352 e. The van der Waals surface area contributed by atoms with Crippen molar-refractivity contribution >= 4 is 5.91 Å². The number of hydrogen-bond donors (Lipinski definition) is 1. The van der Waals surface area contributed by atoms with Gasteiger partial charge in [-0.1, -0.05) is 43.3 Å². The first-order valence-electron chi connectivity index (χ1n) is 7.87. The molecule has 0 saturated carbocycles. The Hall–Kier alpha value is -1.61. The van der Waals surface area contributed by atoms with Crippen molar-refractivity contribution < 1.29 is 4.79 Å². The van der Waals surface area contributed by atoms with Gasteiger partial charge < -0.3 is 10.2 Å². The molecule has 2 rings (SSSR count). The van der Waals surface area contributed by atoms with Crippen LogP contribution in [0.25, 0.3) is 0 Å². The molecule has 114 valence electrons. The zero-order valence-electron chi connectivity index (χ0n) is 13.1. The van der Waals surface area contributed by atoms with Crippen LogP contribution >= 0.6 is 0 Å². The highest BCUT2D eigenvalue weighted by Gasteiger charge is 2.13. The molecule has 1 aromatic rings. The van der Waals surface area contributed by atoms with Gasteiger partial charge in [0, 0.05) is 19.5 Å². The number of allylic oxidation sites excluding steroid dienone is 2. The molecule has 0 fully saturated rings. The van der Waals surface area contributed by atoms with E-state index in [2.05, 4.69) is 60.6 Å². The number of benzene rings is 1. The number of nitrogens with one attached hydrogen (secondary N) is 1. The van der Waals surface area contributed by atoms with Crippen LogP contribution < -0.4 is 5.32 Å². The average molecular weight is 286 g/mol. The largest absolute Gasteiger partial charge is 0.352 e. The Morgan fingerprint density at radius 3 is 2.90 bits per heavy atom. The first-order chi connectivity index (χ1) is 10.2.